The number of ether oxygens (including phenoxy) is 2. The average molecular weight is 405 g/mol. The largest absolute Gasteiger partial charge is 0.462 e. The van der Waals surface area contributed by atoms with Gasteiger partial charge in [-0.2, -0.15) is 0 Å². The third kappa shape index (κ3) is 5.30. The van der Waals surface area contributed by atoms with Crippen LogP contribution >= 0.6 is 0 Å². The molecule has 1 heterocycles. The van der Waals surface area contributed by atoms with Gasteiger partial charge in [-0.25, -0.2) is 4.39 Å². The molecule has 0 aliphatic carbocycles. The fraction of sp³-hybridized carbons (Fsp3) is 0.381. The summed E-state index contributed by atoms with van der Waals surface area (Å²) in [5.74, 6) is -0.175. The number of halogens is 1. The summed E-state index contributed by atoms with van der Waals surface area (Å²) in [4.78, 5) is 11.1. The standard InChI is InChI=1S/C21H24FNO6/c1-12(24)23-8-7-13-5-6-16(10-17(13)14-3-2-4-15(22)9-14)29-21-20(27)19(26)18(25)11-28-21/h2-6,9-10,18-21,25-27H,7-8,11H2,1H3,(H,23,24)/t18-,19+,20+,21-/m0/s1. The van der Waals surface area contributed by atoms with Gasteiger partial charge < -0.3 is 30.1 Å². The van der Waals surface area contributed by atoms with E-state index in [1.807, 2.05) is 0 Å². The fourth-order valence-corrected chi connectivity index (χ4v) is 3.16. The van der Waals surface area contributed by atoms with Crippen molar-refractivity contribution in [2.45, 2.75) is 37.9 Å². The summed E-state index contributed by atoms with van der Waals surface area (Å²) in [6, 6.07) is 11.2. The maximum atomic E-state index is 13.8. The highest BCUT2D eigenvalue weighted by atomic mass is 19.1. The Labute approximate surface area is 167 Å². The predicted octanol–water partition coefficient (Wildman–Crippen LogP) is 0.989. The highest BCUT2D eigenvalue weighted by Crippen LogP contribution is 2.30. The highest BCUT2D eigenvalue weighted by molar-refractivity contribution is 5.73. The van der Waals surface area contributed by atoms with Crippen LogP contribution in [0.3, 0.4) is 0 Å². The first-order chi connectivity index (χ1) is 13.8. The Morgan fingerprint density at radius 2 is 2.00 bits per heavy atom. The zero-order valence-corrected chi connectivity index (χ0v) is 15.9. The Hall–Kier alpha value is -2.52. The second kappa shape index (κ2) is 9.32. The van der Waals surface area contributed by atoms with Crippen LogP contribution in [0.15, 0.2) is 42.5 Å². The molecule has 0 bridgehead atoms. The third-order valence-electron chi connectivity index (χ3n) is 4.69. The van der Waals surface area contributed by atoms with Crippen molar-refractivity contribution < 1.29 is 34.0 Å². The summed E-state index contributed by atoms with van der Waals surface area (Å²) in [5.41, 5.74) is 2.21. The van der Waals surface area contributed by atoms with E-state index >= 15 is 0 Å². The molecule has 29 heavy (non-hydrogen) atoms. The molecule has 0 radical (unpaired) electrons. The molecule has 156 valence electrons. The van der Waals surface area contributed by atoms with E-state index in [-0.39, 0.29) is 18.3 Å². The van der Waals surface area contributed by atoms with Crippen molar-refractivity contribution in [1.82, 2.24) is 5.32 Å². The van der Waals surface area contributed by atoms with E-state index in [2.05, 4.69) is 5.32 Å². The Morgan fingerprint density at radius 1 is 1.21 bits per heavy atom. The Balaban J connectivity index is 1.85. The topological polar surface area (TPSA) is 108 Å². The molecule has 1 amide bonds. The Bertz CT molecular complexity index is 861. The quantitative estimate of drug-likeness (QED) is 0.571. The van der Waals surface area contributed by atoms with Gasteiger partial charge in [-0.1, -0.05) is 18.2 Å². The summed E-state index contributed by atoms with van der Waals surface area (Å²) in [6.45, 7) is 1.69. The number of aliphatic hydroxyl groups excluding tert-OH is 3. The fourth-order valence-electron chi connectivity index (χ4n) is 3.16. The Morgan fingerprint density at radius 3 is 2.72 bits per heavy atom. The van der Waals surface area contributed by atoms with Crippen molar-refractivity contribution in [3.63, 3.8) is 0 Å². The van der Waals surface area contributed by atoms with E-state index in [1.165, 1.54) is 19.1 Å². The van der Waals surface area contributed by atoms with Gasteiger partial charge in [0.2, 0.25) is 12.2 Å². The summed E-state index contributed by atoms with van der Waals surface area (Å²) < 4.78 is 24.7. The maximum absolute atomic E-state index is 13.8. The van der Waals surface area contributed by atoms with E-state index < -0.39 is 24.6 Å². The number of aliphatic hydroxyl groups is 3. The molecular weight excluding hydrogens is 381 g/mol. The van der Waals surface area contributed by atoms with Crippen molar-refractivity contribution >= 4 is 5.91 Å². The molecule has 2 aromatic carbocycles. The van der Waals surface area contributed by atoms with Gasteiger partial charge in [0.05, 0.1) is 6.61 Å². The lowest BCUT2D eigenvalue weighted by atomic mass is 9.97. The second-order valence-electron chi connectivity index (χ2n) is 6.93. The number of hydrogen-bond acceptors (Lipinski definition) is 6. The van der Waals surface area contributed by atoms with Crippen LogP contribution in [0.2, 0.25) is 0 Å². The lowest BCUT2D eigenvalue weighted by molar-refractivity contribution is -0.242. The molecule has 0 spiro atoms. The number of nitrogens with one attached hydrogen (secondary N) is 1. The number of hydrogen-bond donors (Lipinski definition) is 4. The molecule has 1 fully saturated rings. The van der Waals surface area contributed by atoms with Crippen molar-refractivity contribution in [2.24, 2.45) is 0 Å². The van der Waals surface area contributed by atoms with Crippen LogP contribution in [0.25, 0.3) is 11.1 Å². The molecule has 7 nitrogen and oxygen atoms in total. The molecule has 0 unspecified atom stereocenters. The molecule has 1 saturated heterocycles. The van der Waals surface area contributed by atoms with Crippen LogP contribution in [0.1, 0.15) is 12.5 Å². The van der Waals surface area contributed by atoms with Gasteiger partial charge in [0.15, 0.2) is 0 Å². The van der Waals surface area contributed by atoms with Gasteiger partial charge in [0, 0.05) is 13.5 Å². The minimum atomic E-state index is -1.42. The monoisotopic (exact) mass is 405 g/mol. The highest BCUT2D eigenvalue weighted by Gasteiger charge is 2.39. The number of carbonyl (C=O) groups is 1. The first-order valence-electron chi connectivity index (χ1n) is 9.31. The Kier molecular flexibility index (Phi) is 6.81. The lowest BCUT2D eigenvalue weighted by Crippen LogP contribution is -2.54. The minimum Gasteiger partial charge on any atom is -0.462 e. The zero-order chi connectivity index (χ0) is 21.0. The summed E-state index contributed by atoms with van der Waals surface area (Å²) >= 11 is 0. The summed E-state index contributed by atoms with van der Waals surface area (Å²) in [7, 11) is 0. The first-order valence-corrected chi connectivity index (χ1v) is 9.31. The van der Waals surface area contributed by atoms with Crippen LogP contribution in [-0.4, -0.2) is 59.0 Å². The van der Waals surface area contributed by atoms with Crippen LogP contribution in [0.5, 0.6) is 5.75 Å². The van der Waals surface area contributed by atoms with Gasteiger partial charge in [-0.3, -0.25) is 4.79 Å². The van der Waals surface area contributed by atoms with Crippen LogP contribution in [-0.2, 0) is 16.0 Å². The molecular formula is C21H24FNO6. The van der Waals surface area contributed by atoms with Gasteiger partial charge in [0.25, 0.3) is 0 Å². The number of rotatable bonds is 6. The molecule has 0 aromatic heterocycles. The van der Waals surface area contributed by atoms with Gasteiger partial charge in [-0.15, -0.1) is 0 Å². The molecule has 1 aliphatic rings. The molecule has 3 rings (SSSR count). The molecule has 1 aliphatic heterocycles. The predicted molar refractivity (Wildman–Crippen MR) is 103 cm³/mol. The lowest BCUT2D eigenvalue weighted by Gasteiger charge is -2.35. The van der Waals surface area contributed by atoms with Crippen molar-refractivity contribution in [1.29, 1.82) is 0 Å². The van der Waals surface area contributed by atoms with Crippen LogP contribution < -0.4 is 10.1 Å². The molecule has 4 atom stereocenters. The van der Waals surface area contributed by atoms with Gasteiger partial charge in [-0.05, 0) is 47.4 Å². The molecule has 2 aromatic rings. The number of benzene rings is 2. The first kappa shape index (κ1) is 21.2. The van der Waals surface area contributed by atoms with Gasteiger partial charge >= 0.3 is 0 Å². The second-order valence-corrected chi connectivity index (χ2v) is 6.93. The molecule has 8 heteroatoms. The van der Waals surface area contributed by atoms with Crippen LogP contribution in [0.4, 0.5) is 4.39 Å². The third-order valence-corrected chi connectivity index (χ3v) is 4.69. The van der Waals surface area contributed by atoms with E-state index in [1.54, 1.807) is 30.3 Å². The summed E-state index contributed by atoms with van der Waals surface area (Å²) in [5, 5.41) is 32.2. The van der Waals surface area contributed by atoms with E-state index in [0.717, 1.165) is 5.56 Å². The molecule has 4 N–H and O–H groups in total. The maximum Gasteiger partial charge on any atom is 0.228 e. The van der Waals surface area contributed by atoms with E-state index in [4.69, 9.17) is 9.47 Å². The van der Waals surface area contributed by atoms with Crippen molar-refractivity contribution in [3.8, 4) is 16.9 Å². The normalized spacial score (nSPS) is 24.2. The number of amides is 1. The van der Waals surface area contributed by atoms with E-state index in [9.17, 15) is 24.5 Å². The SMILES string of the molecule is CC(=O)NCCc1ccc(O[C@@H]2OC[C@H](O)[C@@H](O)[C@H]2O)cc1-c1cccc(F)c1. The zero-order valence-electron chi connectivity index (χ0n) is 15.9. The van der Waals surface area contributed by atoms with Crippen molar-refractivity contribution in [2.75, 3.05) is 13.2 Å². The summed E-state index contributed by atoms with van der Waals surface area (Å²) in [6.07, 6.45) is -4.62. The molecule has 0 saturated carbocycles. The average Bonchev–Trinajstić information content (AvgIpc) is 2.69. The van der Waals surface area contributed by atoms with E-state index in [0.29, 0.717) is 29.8 Å². The number of carbonyl (C=O) groups excluding carboxylic acids is 1. The van der Waals surface area contributed by atoms with Gasteiger partial charge in [0.1, 0.15) is 29.9 Å². The van der Waals surface area contributed by atoms with Crippen LogP contribution in [0, 0.1) is 5.82 Å². The van der Waals surface area contributed by atoms with Crippen molar-refractivity contribution in [3.05, 3.63) is 53.8 Å². The smallest absolute Gasteiger partial charge is 0.228 e. The minimum absolute atomic E-state index is 0.138.